The number of hydrogen-bond donors (Lipinski definition) is 2. The van der Waals surface area contributed by atoms with E-state index in [2.05, 4.69) is 11.4 Å². The average Bonchev–Trinajstić information content (AvgIpc) is 2.56. The smallest absolute Gasteiger partial charge is 0.303 e. The van der Waals surface area contributed by atoms with E-state index in [0.29, 0.717) is 23.6 Å². The number of anilines is 1. The van der Waals surface area contributed by atoms with Gasteiger partial charge in [0.2, 0.25) is 0 Å². The number of aryl methyl sites for hydroxylation is 1. The zero-order chi connectivity index (χ0) is 17.5. The maximum Gasteiger partial charge on any atom is 0.303 e. The summed E-state index contributed by atoms with van der Waals surface area (Å²) in [5.41, 5.74) is 3.52. The van der Waals surface area contributed by atoms with Crippen molar-refractivity contribution in [1.82, 2.24) is 0 Å². The fourth-order valence-corrected chi connectivity index (χ4v) is 2.72. The topological polar surface area (TPSA) is 73.1 Å². The van der Waals surface area contributed by atoms with Gasteiger partial charge in [0, 0.05) is 17.3 Å². The minimum atomic E-state index is -0.822. The number of nitriles is 1. The Morgan fingerprint density at radius 2 is 2.00 bits per heavy atom. The van der Waals surface area contributed by atoms with E-state index >= 15 is 0 Å². The molecular formula is C19H19ClN2O2. The molecule has 2 N–H and O–H groups in total. The van der Waals surface area contributed by atoms with Crippen LogP contribution in [0.15, 0.2) is 42.5 Å². The van der Waals surface area contributed by atoms with Gasteiger partial charge in [0.15, 0.2) is 0 Å². The van der Waals surface area contributed by atoms with Crippen molar-refractivity contribution in [2.75, 3.05) is 11.9 Å². The molecule has 0 saturated heterocycles. The molecule has 124 valence electrons. The number of carbonyl (C=O) groups is 1. The summed E-state index contributed by atoms with van der Waals surface area (Å²) in [7, 11) is 0. The number of carboxylic acids is 1. The normalized spacial score (nSPS) is 11.5. The van der Waals surface area contributed by atoms with Crippen LogP contribution in [0, 0.1) is 18.3 Å². The van der Waals surface area contributed by atoms with Crippen LogP contribution >= 0.6 is 11.6 Å². The van der Waals surface area contributed by atoms with Gasteiger partial charge in [0.25, 0.3) is 0 Å². The van der Waals surface area contributed by atoms with Gasteiger partial charge in [-0.3, -0.25) is 4.79 Å². The number of nitrogens with one attached hydrogen (secondary N) is 1. The Morgan fingerprint density at radius 3 is 2.62 bits per heavy atom. The number of hydrogen-bond acceptors (Lipinski definition) is 3. The molecule has 5 heteroatoms. The molecule has 0 heterocycles. The Morgan fingerprint density at radius 1 is 1.29 bits per heavy atom. The predicted molar refractivity (Wildman–Crippen MR) is 95.4 cm³/mol. The van der Waals surface area contributed by atoms with Crippen LogP contribution in [0.5, 0.6) is 0 Å². The first kappa shape index (κ1) is 17.8. The molecule has 1 atom stereocenters. The SMILES string of the molecule is Cc1ccc(C#N)cc1NCCC(CC(=O)O)c1ccc(Cl)cc1. The molecule has 0 spiro atoms. The van der Waals surface area contributed by atoms with Crippen LogP contribution in [0.2, 0.25) is 5.02 Å². The first-order valence-corrected chi connectivity index (χ1v) is 8.09. The molecule has 24 heavy (non-hydrogen) atoms. The van der Waals surface area contributed by atoms with Gasteiger partial charge < -0.3 is 10.4 Å². The molecule has 2 aromatic carbocycles. The van der Waals surface area contributed by atoms with Gasteiger partial charge in [-0.2, -0.15) is 5.26 Å². The summed E-state index contributed by atoms with van der Waals surface area (Å²) in [4.78, 5) is 11.1. The van der Waals surface area contributed by atoms with E-state index < -0.39 is 5.97 Å². The highest BCUT2D eigenvalue weighted by Crippen LogP contribution is 2.25. The first-order chi connectivity index (χ1) is 11.5. The zero-order valence-electron chi connectivity index (χ0n) is 13.4. The van der Waals surface area contributed by atoms with E-state index in [1.54, 1.807) is 18.2 Å². The molecular weight excluding hydrogens is 324 g/mol. The lowest BCUT2D eigenvalue weighted by atomic mass is 9.92. The van der Waals surface area contributed by atoms with Crippen molar-refractivity contribution in [3.05, 3.63) is 64.2 Å². The Hall–Kier alpha value is -2.51. The van der Waals surface area contributed by atoms with Crippen LogP contribution in [0.25, 0.3) is 0 Å². The van der Waals surface area contributed by atoms with Crippen LogP contribution in [0.3, 0.4) is 0 Å². The molecule has 0 saturated carbocycles. The monoisotopic (exact) mass is 342 g/mol. The first-order valence-electron chi connectivity index (χ1n) is 7.71. The van der Waals surface area contributed by atoms with E-state index in [1.807, 2.05) is 31.2 Å². The van der Waals surface area contributed by atoms with E-state index in [4.69, 9.17) is 22.0 Å². The number of halogens is 1. The van der Waals surface area contributed by atoms with Crippen molar-refractivity contribution in [3.8, 4) is 6.07 Å². The Kier molecular flexibility index (Phi) is 6.22. The third kappa shape index (κ3) is 5.00. The summed E-state index contributed by atoms with van der Waals surface area (Å²) in [6, 6.07) is 14.9. The van der Waals surface area contributed by atoms with Gasteiger partial charge in [0.05, 0.1) is 18.1 Å². The highest BCUT2D eigenvalue weighted by molar-refractivity contribution is 6.30. The van der Waals surface area contributed by atoms with Gasteiger partial charge in [-0.1, -0.05) is 29.8 Å². The minimum Gasteiger partial charge on any atom is -0.481 e. The summed E-state index contributed by atoms with van der Waals surface area (Å²) in [5.74, 6) is -0.913. The number of rotatable bonds is 7. The molecule has 0 bridgehead atoms. The standard InChI is InChI=1S/C19H19ClN2O2/c1-13-2-3-14(12-21)10-18(13)22-9-8-16(11-19(23)24)15-4-6-17(20)7-5-15/h2-7,10,16,22H,8-9,11H2,1H3,(H,23,24). The zero-order valence-corrected chi connectivity index (χ0v) is 14.2. The van der Waals surface area contributed by atoms with Crippen LogP contribution in [0.4, 0.5) is 5.69 Å². The molecule has 2 rings (SSSR count). The lowest BCUT2D eigenvalue weighted by molar-refractivity contribution is -0.137. The second-order valence-corrected chi connectivity index (χ2v) is 6.14. The van der Waals surface area contributed by atoms with Crippen LogP contribution in [-0.2, 0) is 4.79 Å². The quantitative estimate of drug-likeness (QED) is 0.772. The Bertz CT molecular complexity index is 751. The second-order valence-electron chi connectivity index (χ2n) is 5.70. The van der Waals surface area contributed by atoms with Gasteiger partial charge in [-0.25, -0.2) is 0 Å². The molecule has 0 radical (unpaired) electrons. The van der Waals surface area contributed by atoms with E-state index in [1.165, 1.54) is 0 Å². The van der Waals surface area contributed by atoms with Crippen molar-refractivity contribution in [2.24, 2.45) is 0 Å². The Labute approximate surface area is 146 Å². The lowest BCUT2D eigenvalue weighted by Crippen LogP contribution is -2.12. The molecule has 0 aromatic heterocycles. The summed E-state index contributed by atoms with van der Waals surface area (Å²) < 4.78 is 0. The molecule has 1 unspecified atom stereocenters. The third-order valence-electron chi connectivity index (χ3n) is 3.94. The summed E-state index contributed by atoms with van der Waals surface area (Å²) >= 11 is 5.90. The number of carboxylic acid groups (broad SMARTS) is 1. The van der Waals surface area contributed by atoms with Crippen molar-refractivity contribution in [1.29, 1.82) is 5.26 Å². The minimum absolute atomic E-state index is 0.0700. The van der Waals surface area contributed by atoms with Crippen LogP contribution in [0.1, 0.15) is 35.4 Å². The van der Waals surface area contributed by atoms with Crippen molar-refractivity contribution in [3.63, 3.8) is 0 Å². The maximum absolute atomic E-state index is 11.1. The molecule has 4 nitrogen and oxygen atoms in total. The maximum atomic E-state index is 11.1. The highest BCUT2D eigenvalue weighted by Gasteiger charge is 2.15. The molecule has 0 aliphatic rings. The fourth-order valence-electron chi connectivity index (χ4n) is 2.60. The lowest BCUT2D eigenvalue weighted by Gasteiger charge is -2.17. The fraction of sp³-hybridized carbons (Fsp3) is 0.263. The van der Waals surface area contributed by atoms with Crippen LogP contribution < -0.4 is 5.32 Å². The second kappa shape index (κ2) is 8.37. The van der Waals surface area contributed by atoms with Crippen molar-refractivity contribution in [2.45, 2.75) is 25.7 Å². The van der Waals surface area contributed by atoms with Gasteiger partial charge in [0.1, 0.15) is 0 Å². The summed E-state index contributed by atoms with van der Waals surface area (Å²) in [6.07, 6.45) is 0.741. The van der Waals surface area contributed by atoms with E-state index in [-0.39, 0.29) is 12.3 Å². The molecule has 0 amide bonds. The van der Waals surface area contributed by atoms with E-state index in [9.17, 15) is 4.79 Å². The number of aliphatic carboxylic acids is 1. The molecule has 0 aliphatic carbocycles. The average molecular weight is 343 g/mol. The molecule has 0 aliphatic heterocycles. The summed E-state index contributed by atoms with van der Waals surface area (Å²) in [5, 5.41) is 22.1. The van der Waals surface area contributed by atoms with Crippen molar-refractivity contribution >= 4 is 23.3 Å². The Balaban J connectivity index is 2.04. The number of nitrogens with zero attached hydrogens (tertiary/aromatic N) is 1. The molecule has 2 aromatic rings. The number of benzene rings is 2. The third-order valence-corrected chi connectivity index (χ3v) is 4.19. The van der Waals surface area contributed by atoms with Gasteiger partial charge >= 0.3 is 5.97 Å². The van der Waals surface area contributed by atoms with Gasteiger partial charge in [-0.05, 0) is 54.7 Å². The van der Waals surface area contributed by atoms with Gasteiger partial charge in [-0.15, -0.1) is 0 Å². The van der Waals surface area contributed by atoms with Crippen LogP contribution in [-0.4, -0.2) is 17.6 Å². The van der Waals surface area contributed by atoms with E-state index in [0.717, 1.165) is 16.8 Å². The molecule has 0 fully saturated rings. The predicted octanol–water partition coefficient (Wildman–Crippen LogP) is 4.58. The highest BCUT2D eigenvalue weighted by atomic mass is 35.5. The summed E-state index contributed by atoms with van der Waals surface area (Å²) in [6.45, 7) is 2.59. The van der Waals surface area contributed by atoms with Crippen molar-refractivity contribution < 1.29 is 9.90 Å². The largest absolute Gasteiger partial charge is 0.481 e.